The van der Waals surface area contributed by atoms with Crippen LogP contribution in [0.25, 0.3) is 82.4 Å². The molecule has 0 N–H and O–H groups in total. The first kappa shape index (κ1) is 33.6. The largest absolute Gasteiger partial charge is 0.310 e. The summed E-state index contributed by atoms with van der Waals surface area (Å²) in [6.07, 6.45) is 0. The molecule has 11 aromatic rings. The van der Waals surface area contributed by atoms with Crippen LogP contribution in [-0.4, -0.2) is 4.57 Å². The summed E-state index contributed by atoms with van der Waals surface area (Å²) in [5, 5.41) is 7.36. The minimum absolute atomic E-state index is 1.10. The SMILES string of the molecule is c1ccc(-c2ccc(N(c3ccc4ccc(-c5ccc6ccc(-c7ccccc7)cc6c5)cc4c3)c3ccc4c5ccccc5n(-c5ccccc5)c4c3)cc2)cc1. The Hall–Kier alpha value is -7.68. The summed E-state index contributed by atoms with van der Waals surface area (Å²) in [7, 11) is 0. The standard InChI is InChI=1S/C56H38N2/c1-4-12-39(13-5-1)41-26-29-50(30-27-41)57(52-32-33-54-53-18-10-11-19-55(53)58(56(54)38-52)49-16-8-3-9-17-49)51-31-28-43-22-25-46(36-48(43)37-51)45-24-21-42-20-23-44(34-47(42)35-45)40-14-6-2-7-15-40/h1-38H. The number of nitrogens with zero attached hydrogens (tertiary/aromatic N) is 2. The molecule has 0 aliphatic rings. The van der Waals surface area contributed by atoms with Crippen molar-refractivity contribution in [1.82, 2.24) is 4.57 Å². The van der Waals surface area contributed by atoms with Crippen LogP contribution in [0.5, 0.6) is 0 Å². The summed E-state index contributed by atoms with van der Waals surface area (Å²) in [6.45, 7) is 0. The topological polar surface area (TPSA) is 8.17 Å². The highest BCUT2D eigenvalue weighted by atomic mass is 15.1. The minimum Gasteiger partial charge on any atom is -0.310 e. The highest BCUT2D eigenvalue weighted by Gasteiger charge is 2.18. The molecule has 58 heavy (non-hydrogen) atoms. The lowest BCUT2D eigenvalue weighted by molar-refractivity contribution is 1.18. The van der Waals surface area contributed by atoms with Gasteiger partial charge in [-0.2, -0.15) is 0 Å². The fraction of sp³-hybridized carbons (Fsp3) is 0. The molecule has 10 aromatic carbocycles. The van der Waals surface area contributed by atoms with Crippen LogP contribution in [0.2, 0.25) is 0 Å². The number of para-hydroxylation sites is 2. The molecule has 0 saturated carbocycles. The first-order valence-electron chi connectivity index (χ1n) is 19.9. The van der Waals surface area contributed by atoms with Gasteiger partial charge in [-0.1, -0.05) is 158 Å². The van der Waals surface area contributed by atoms with E-state index in [2.05, 4.69) is 240 Å². The highest BCUT2D eigenvalue weighted by molar-refractivity contribution is 6.10. The van der Waals surface area contributed by atoms with E-state index in [0.717, 1.165) is 22.7 Å². The molecular formula is C56H38N2. The zero-order chi connectivity index (χ0) is 38.4. The maximum atomic E-state index is 2.40. The molecule has 1 aromatic heterocycles. The van der Waals surface area contributed by atoms with Crippen molar-refractivity contribution in [3.8, 4) is 39.1 Å². The number of anilines is 3. The van der Waals surface area contributed by atoms with E-state index in [1.165, 1.54) is 76.7 Å². The fourth-order valence-electron chi connectivity index (χ4n) is 8.62. The second kappa shape index (κ2) is 14.1. The third-order valence-corrected chi connectivity index (χ3v) is 11.5. The van der Waals surface area contributed by atoms with Gasteiger partial charge in [-0.05, 0) is 128 Å². The van der Waals surface area contributed by atoms with Crippen molar-refractivity contribution < 1.29 is 0 Å². The van der Waals surface area contributed by atoms with Crippen LogP contribution in [0.4, 0.5) is 17.1 Å². The fourth-order valence-corrected chi connectivity index (χ4v) is 8.62. The Kier molecular flexibility index (Phi) is 8.19. The molecule has 0 amide bonds. The lowest BCUT2D eigenvalue weighted by Gasteiger charge is -2.26. The van der Waals surface area contributed by atoms with E-state index in [4.69, 9.17) is 0 Å². The van der Waals surface area contributed by atoms with Crippen molar-refractivity contribution in [2.45, 2.75) is 0 Å². The van der Waals surface area contributed by atoms with Gasteiger partial charge in [0.15, 0.2) is 0 Å². The van der Waals surface area contributed by atoms with Crippen molar-refractivity contribution in [2.75, 3.05) is 4.90 Å². The summed E-state index contributed by atoms with van der Waals surface area (Å²) < 4.78 is 2.39. The average molecular weight is 739 g/mol. The maximum Gasteiger partial charge on any atom is 0.0561 e. The van der Waals surface area contributed by atoms with Crippen LogP contribution in [0.3, 0.4) is 0 Å². The van der Waals surface area contributed by atoms with Crippen molar-refractivity contribution >= 4 is 60.4 Å². The summed E-state index contributed by atoms with van der Waals surface area (Å²) >= 11 is 0. The number of aromatic nitrogens is 1. The van der Waals surface area contributed by atoms with Gasteiger partial charge >= 0.3 is 0 Å². The van der Waals surface area contributed by atoms with Crippen LogP contribution in [0.1, 0.15) is 0 Å². The van der Waals surface area contributed by atoms with E-state index in [9.17, 15) is 0 Å². The van der Waals surface area contributed by atoms with E-state index in [1.807, 2.05) is 0 Å². The number of fused-ring (bicyclic) bond motifs is 5. The maximum absolute atomic E-state index is 2.40. The molecule has 1 heterocycles. The van der Waals surface area contributed by atoms with Gasteiger partial charge < -0.3 is 9.47 Å². The highest BCUT2D eigenvalue weighted by Crippen LogP contribution is 2.41. The Morgan fingerprint density at radius 2 is 0.690 bits per heavy atom. The molecule has 2 nitrogen and oxygen atoms in total. The number of benzene rings is 10. The van der Waals surface area contributed by atoms with Crippen LogP contribution in [-0.2, 0) is 0 Å². The molecule has 0 unspecified atom stereocenters. The molecule has 0 aliphatic heterocycles. The quantitative estimate of drug-likeness (QED) is 0.158. The van der Waals surface area contributed by atoms with Crippen LogP contribution < -0.4 is 4.90 Å². The first-order chi connectivity index (χ1) is 28.7. The smallest absolute Gasteiger partial charge is 0.0561 e. The molecule has 0 bridgehead atoms. The van der Waals surface area contributed by atoms with Crippen LogP contribution >= 0.6 is 0 Å². The van der Waals surface area contributed by atoms with Gasteiger partial charge in [0.2, 0.25) is 0 Å². The molecule has 0 fully saturated rings. The second-order valence-electron chi connectivity index (χ2n) is 15.0. The predicted molar refractivity (Wildman–Crippen MR) is 247 cm³/mol. The Bertz CT molecular complexity index is 3250. The van der Waals surface area contributed by atoms with Gasteiger partial charge in [-0.15, -0.1) is 0 Å². The van der Waals surface area contributed by atoms with Gasteiger partial charge in [-0.25, -0.2) is 0 Å². The lowest BCUT2D eigenvalue weighted by Crippen LogP contribution is -2.10. The normalized spacial score (nSPS) is 11.4. The van der Waals surface area contributed by atoms with E-state index in [1.54, 1.807) is 0 Å². The first-order valence-corrected chi connectivity index (χ1v) is 19.9. The minimum atomic E-state index is 1.10. The Morgan fingerprint density at radius 3 is 1.34 bits per heavy atom. The molecular weight excluding hydrogens is 701 g/mol. The van der Waals surface area contributed by atoms with E-state index in [-0.39, 0.29) is 0 Å². The van der Waals surface area contributed by atoms with Crippen molar-refractivity contribution in [1.29, 1.82) is 0 Å². The van der Waals surface area contributed by atoms with Gasteiger partial charge in [0, 0.05) is 33.5 Å². The molecule has 0 radical (unpaired) electrons. The monoisotopic (exact) mass is 738 g/mol. The average Bonchev–Trinajstić information content (AvgIpc) is 3.63. The van der Waals surface area contributed by atoms with Crippen molar-refractivity contribution in [3.63, 3.8) is 0 Å². The number of hydrogen-bond donors (Lipinski definition) is 0. The van der Waals surface area contributed by atoms with Gasteiger partial charge in [-0.3, -0.25) is 0 Å². The van der Waals surface area contributed by atoms with Crippen LogP contribution in [0, 0.1) is 0 Å². The molecule has 0 spiro atoms. The van der Waals surface area contributed by atoms with Gasteiger partial charge in [0.1, 0.15) is 0 Å². The third kappa shape index (κ3) is 6.00. The summed E-state index contributed by atoms with van der Waals surface area (Å²) in [5.74, 6) is 0. The Labute approximate surface area is 338 Å². The summed E-state index contributed by atoms with van der Waals surface area (Å²) in [6, 6.07) is 83.8. The molecule has 0 saturated heterocycles. The predicted octanol–water partition coefficient (Wildman–Crippen LogP) is 15.6. The molecule has 11 rings (SSSR count). The second-order valence-corrected chi connectivity index (χ2v) is 15.0. The van der Waals surface area contributed by atoms with E-state index < -0.39 is 0 Å². The van der Waals surface area contributed by atoms with E-state index in [0.29, 0.717) is 0 Å². The van der Waals surface area contributed by atoms with Gasteiger partial charge in [0.05, 0.1) is 11.0 Å². The molecule has 0 aliphatic carbocycles. The van der Waals surface area contributed by atoms with Gasteiger partial charge in [0.25, 0.3) is 0 Å². The zero-order valence-electron chi connectivity index (χ0n) is 31.8. The summed E-state index contributed by atoms with van der Waals surface area (Å²) in [4.78, 5) is 2.40. The lowest BCUT2D eigenvalue weighted by atomic mass is 9.96. The number of hydrogen-bond acceptors (Lipinski definition) is 1. The molecule has 0 atom stereocenters. The van der Waals surface area contributed by atoms with Crippen molar-refractivity contribution in [2.24, 2.45) is 0 Å². The Balaban J connectivity index is 1.05. The molecule has 2 heteroatoms. The van der Waals surface area contributed by atoms with Crippen molar-refractivity contribution in [3.05, 3.63) is 231 Å². The van der Waals surface area contributed by atoms with Crippen LogP contribution in [0.15, 0.2) is 231 Å². The van der Waals surface area contributed by atoms with E-state index >= 15 is 0 Å². The molecule has 272 valence electrons. The Morgan fingerprint density at radius 1 is 0.259 bits per heavy atom. The summed E-state index contributed by atoms with van der Waals surface area (Å²) in [5.41, 5.74) is 14.1. The zero-order valence-corrected chi connectivity index (χ0v) is 31.8. The third-order valence-electron chi connectivity index (χ3n) is 11.5. The number of rotatable bonds is 7.